The van der Waals surface area contributed by atoms with E-state index in [1.165, 1.54) is 0 Å². The van der Waals surface area contributed by atoms with Gasteiger partial charge in [0.1, 0.15) is 5.38 Å². The zero-order valence-corrected chi connectivity index (χ0v) is 8.84. The molecule has 0 aliphatic rings. The van der Waals surface area contributed by atoms with Gasteiger partial charge in [-0.2, -0.15) is 0 Å². The van der Waals surface area contributed by atoms with Gasteiger partial charge in [-0.25, -0.2) is 0 Å². The largest absolute Gasteiger partial charge is 1.00 e. The van der Waals surface area contributed by atoms with Crippen molar-refractivity contribution < 1.29 is 50.8 Å². The third-order valence-corrected chi connectivity index (χ3v) is 1.28. The number of carboxylic acid groups (broad SMARTS) is 2. The van der Waals surface area contributed by atoms with E-state index in [0.29, 0.717) is 0 Å². The molecule has 60 valence electrons. The molecule has 0 spiro atoms. The summed E-state index contributed by atoms with van der Waals surface area (Å²) in [5, 5.41) is 15.2. The van der Waals surface area contributed by atoms with E-state index < -0.39 is 17.3 Å². The maximum absolute atomic E-state index is 9.99. The van der Waals surface area contributed by atoms with Gasteiger partial charge in [0.25, 0.3) is 0 Å². The Kier molecular flexibility index (Phi) is 8.67. The fourth-order valence-corrected chi connectivity index (χ4v) is 0.483. The van der Waals surface area contributed by atoms with Crippen LogP contribution in [-0.4, -0.2) is 27.5 Å². The van der Waals surface area contributed by atoms with Gasteiger partial charge in [-0.15, -0.1) is 11.6 Å². The van der Waals surface area contributed by atoms with Crippen molar-refractivity contribution in [1.82, 2.24) is 0 Å². The predicted molar refractivity (Wildman–Crippen MR) is 35.3 cm³/mol. The third kappa shape index (κ3) is 8.13. The van der Waals surface area contributed by atoms with E-state index in [1.807, 2.05) is 0 Å². The second kappa shape index (κ2) is 6.91. The summed E-state index contributed by atoms with van der Waals surface area (Å²) in [6, 6.07) is 0. The molecule has 0 aromatic heterocycles. The molecule has 6 heteroatoms. The Hall–Kier alpha value is 0.230. The predicted octanol–water partition coefficient (Wildman–Crippen LogP) is -2.34. The van der Waals surface area contributed by atoms with Gasteiger partial charge in [0.2, 0.25) is 0 Å². The molecule has 0 aromatic carbocycles. The van der Waals surface area contributed by atoms with Crippen molar-refractivity contribution in [2.24, 2.45) is 0 Å². The number of hydrogen-bond acceptors (Lipinski definition) is 2. The zero-order valence-electron chi connectivity index (χ0n) is 7.08. The van der Waals surface area contributed by atoms with E-state index >= 15 is 0 Å². The Morgan fingerprint density at radius 1 is 1.45 bits per heavy atom. The first kappa shape index (κ1) is 13.8. The fourth-order valence-electron chi connectivity index (χ4n) is 0.374. The molecule has 0 bridgehead atoms. The Morgan fingerprint density at radius 3 is 2.18 bits per heavy atom. The van der Waals surface area contributed by atoms with E-state index in [4.69, 9.17) is 21.8 Å². The number of rotatable bonds is 4. The molecule has 0 fully saturated rings. The third-order valence-electron chi connectivity index (χ3n) is 0.880. The molecule has 0 saturated heterocycles. The van der Waals surface area contributed by atoms with Gasteiger partial charge in [-0.3, -0.25) is 9.59 Å². The van der Waals surface area contributed by atoms with Crippen LogP contribution in [0.1, 0.15) is 14.3 Å². The van der Waals surface area contributed by atoms with Crippen molar-refractivity contribution in [3.63, 3.8) is 0 Å². The van der Waals surface area contributed by atoms with Crippen LogP contribution in [0.2, 0.25) is 0 Å². The van der Waals surface area contributed by atoms with Crippen molar-refractivity contribution in [3.8, 4) is 0 Å². The number of alkyl halides is 1. The number of carbonyl (C=O) groups is 2. The minimum atomic E-state index is -1.18. The van der Waals surface area contributed by atoms with Crippen LogP contribution in [0.5, 0.6) is 0 Å². The van der Waals surface area contributed by atoms with Gasteiger partial charge in [0.15, 0.2) is 0 Å². The van der Waals surface area contributed by atoms with Crippen molar-refractivity contribution in [1.29, 1.82) is 0 Å². The van der Waals surface area contributed by atoms with Crippen LogP contribution in [-0.2, 0) is 9.59 Å². The van der Waals surface area contributed by atoms with Crippen LogP contribution < -0.4 is 29.6 Å². The zero-order chi connectivity index (χ0) is 8.15. The molecule has 1 atom stereocenters. The monoisotopic (exact) mass is 190 g/mol. The molecule has 0 radical (unpaired) electrons. The number of carboxylic acids is 2. The first-order valence-electron chi connectivity index (χ1n) is 2.62. The van der Waals surface area contributed by atoms with E-state index in [0.717, 1.165) is 0 Å². The van der Waals surface area contributed by atoms with Gasteiger partial charge in [-0.1, -0.05) is 0 Å². The Bertz CT molecular complexity index is 154. The Labute approximate surface area is 92.3 Å². The normalized spacial score (nSPS) is 11.4. The van der Waals surface area contributed by atoms with Crippen LogP contribution in [0.4, 0.5) is 0 Å². The quantitative estimate of drug-likeness (QED) is 0.385. The molecular weight excluding hydrogens is 182 g/mol. The van der Waals surface area contributed by atoms with Crippen molar-refractivity contribution in [2.75, 3.05) is 0 Å². The fraction of sp³-hybridized carbons (Fsp3) is 0.600. The molecule has 0 saturated carbocycles. The number of hydrogen-bond donors (Lipinski definition) is 2. The summed E-state index contributed by atoms with van der Waals surface area (Å²) in [5.74, 6) is -2.21. The topological polar surface area (TPSA) is 74.6 Å². The van der Waals surface area contributed by atoms with E-state index in [1.54, 1.807) is 0 Å². The minimum absolute atomic E-state index is 0. The van der Waals surface area contributed by atoms with Crippen LogP contribution in [0.3, 0.4) is 0 Å². The van der Waals surface area contributed by atoms with Gasteiger partial charge in [-0.05, 0) is 6.42 Å². The molecule has 1 unspecified atom stereocenters. The number of halogens is 1. The van der Waals surface area contributed by atoms with Crippen LogP contribution in [0.25, 0.3) is 0 Å². The standard InChI is InChI=1S/C5H7ClO4.Na.H/c6-3(5(9)10)1-2-4(7)8;;/h3H,1-2H2,(H,7,8)(H,9,10);;/q;+1;-1. The SMILES string of the molecule is O=C(O)CCC(Cl)C(=O)O.[H-].[Na+]. The van der Waals surface area contributed by atoms with Gasteiger partial charge < -0.3 is 11.6 Å². The smallest absolute Gasteiger partial charge is 1.00 e. The average Bonchev–Trinajstić information content (AvgIpc) is 1.82. The number of aliphatic carboxylic acids is 2. The summed E-state index contributed by atoms with van der Waals surface area (Å²) < 4.78 is 0. The first-order chi connectivity index (χ1) is 4.54. The molecule has 0 aromatic rings. The minimum Gasteiger partial charge on any atom is -1.00 e. The molecule has 0 aliphatic carbocycles. The van der Waals surface area contributed by atoms with E-state index in [9.17, 15) is 9.59 Å². The van der Waals surface area contributed by atoms with Crippen LogP contribution in [0, 0.1) is 0 Å². The second-order valence-corrected chi connectivity index (χ2v) is 2.27. The van der Waals surface area contributed by atoms with Gasteiger partial charge >= 0.3 is 41.5 Å². The molecule has 0 amide bonds. The van der Waals surface area contributed by atoms with E-state index in [2.05, 4.69) is 0 Å². The van der Waals surface area contributed by atoms with Gasteiger partial charge in [0.05, 0.1) is 0 Å². The molecule has 0 heterocycles. The molecule has 0 aliphatic heterocycles. The van der Waals surface area contributed by atoms with Gasteiger partial charge in [0, 0.05) is 6.42 Å². The van der Waals surface area contributed by atoms with Crippen molar-refractivity contribution in [2.45, 2.75) is 18.2 Å². The first-order valence-corrected chi connectivity index (χ1v) is 3.06. The van der Waals surface area contributed by atoms with Crippen LogP contribution in [0.15, 0.2) is 0 Å². The summed E-state index contributed by atoms with van der Waals surface area (Å²) >= 11 is 5.20. The molecular formula is C5H8ClNaO4. The van der Waals surface area contributed by atoms with Crippen LogP contribution >= 0.6 is 11.6 Å². The summed E-state index contributed by atoms with van der Waals surface area (Å²) in [6.07, 6.45) is -0.243. The van der Waals surface area contributed by atoms with E-state index in [-0.39, 0.29) is 43.8 Å². The van der Waals surface area contributed by atoms with Crippen molar-refractivity contribution >= 4 is 23.5 Å². The maximum atomic E-state index is 9.99. The maximum Gasteiger partial charge on any atom is 1.00 e. The second-order valence-electron chi connectivity index (χ2n) is 1.74. The Balaban J connectivity index is -0.000000405. The molecule has 11 heavy (non-hydrogen) atoms. The molecule has 2 N–H and O–H groups in total. The summed E-state index contributed by atoms with van der Waals surface area (Å²) in [5.41, 5.74) is 0. The summed E-state index contributed by atoms with van der Waals surface area (Å²) in [4.78, 5) is 19.9. The van der Waals surface area contributed by atoms with Crippen molar-refractivity contribution in [3.05, 3.63) is 0 Å². The summed E-state index contributed by atoms with van der Waals surface area (Å²) in [6.45, 7) is 0. The Morgan fingerprint density at radius 2 is 1.91 bits per heavy atom. The summed E-state index contributed by atoms with van der Waals surface area (Å²) in [7, 11) is 0. The molecule has 4 nitrogen and oxygen atoms in total. The molecule has 0 rings (SSSR count). The average molecular weight is 191 g/mol.